The van der Waals surface area contributed by atoms with Crippen LogP contribution in [0.3, 0.4) is 0 Å². The summed E-state index contributed by atoms with van der Waals surface area (Å²) in [6, 6.07) is 6.59. The predicted octanol–water partition coefficient (Wildman–Crippen LogP) is 1.85. The quantitative estimate of drug-likeness (QED) is 0.821. The Morgan fingerprint density at radius 3 is 2.95 bits per heavy atom. The van der Waals surface area contributed by atoms with Crippen molar-refractivity contribution in [3.63, 3.8) is 0 Å². The number of hydrogen-bond donors (Lipinski definition) is 1. The molecule has 19 heavy (non-hydrogen) atoms. The molecule has 0 saturated carbocycles. The Bertz CT molecular complexity index is 601. The van der Waals surface area contributed by atoms with Gasteiger partial charge in [0.1, 0.15) is 5.78 Å². The second kappa shape index (κ2) is 7.69. The summed E-state index contributed by atoms with van der Waals surface area (Å²) in [5, 5.41) is 2.22. The number of benzene rings is 1. The Labute approximate surface area is 121 Å². The van der Waals surface area contributed by atoms with Crippen LogP contribution in [-0.4, -0.2) is 25.3 Å². The second-order valence-corrected chi connectivity index (χ2v) is 4.40. The third-order valence-electron chi connectivity index (χ3n) is 2.54. The zero-order chi connectivity index (χ0) is 18.5. The molecule has 1 rings (SSSR count). The number of carbonyl (C=O) groups excluding carboxylic acids is 2. The first-order valence-corrected chi connectivity index (χ1v) is 5.93. The van der Waals surface area contributed by atoms with Crippen molar-refractivity contribution in [1.29, 1.82) is 0 Å². The molecule has 4 nitrogen and oxygen atoms in total. The van der Waals surface area contributed by atoms with E-state index in [9.17, 15) is 9.59 Å². The highest BCUT2D eigenvalue weighted by Crippen LogP contribution is 2.07. The van der Waals surface area contributed by atoms with Crippen LogP contribution in [0.15, 0.2) is 24.3 Å². The average Bonchev–Trinajstić information content (AvgIpc) is 2.41. The smallest absolute Gasteiger partial charge is 0.226 e. The number of aryl methyl sites for hydroxylation is 1. The van der Waals surface area contributed by atoms with E-state index in [-0.39, 0.29) is 17.8 Å². The number of ether oxygens (including phenoxy) is 1. The summed E-state index contributed by atoms with van der Waals surface area (Å²) < 4.78 is 41.7. The summed E-state index contributed by atoms with van der Waals surface area (Å²) in [5.41, 5.74) is 1.09. The monoisotopic (exact) mass is 268 g/mol. The molecule has 0 aromatic heterocycles. The van der Waals surface area contributed by atoms with Gasteiger partial charge in [0.2, 0.25) is 5.91 Å². The molecule has 1 N–H and O–H groups in total. The lowest BCUT2D eigenvalue weighted by Gasteiger charge is -2.14. The fourth-order valence-electron chi connectivity index (χ4n) is 1.63. The maximum absolute atomic E-state index is 12.3. The third-order valence-corrected chi connectivity index (χ3v) is 2.54. The summed E-state index contributed by atoms with van der Waals surface area (Å²) in [6.07, 6.45) is -0.230. The standard InChI is InChI=1S/C15H21NO3/c1-11-5-4-6-13(7-11)9-16-15(18)14(10-19-3)8-12(2)17/h4-7,14H,8-10H2,1-3H3,(H,16,18)/i3D3,9D2. The van der Waals surface area contributed by atoms with E-state index >= 15 is 0 Å². The molecule has 1 aromatic rings. The summed E-state index contributed by atoms with van der Waals surface area (Å²) >= 11 is 0. The Kier molecular flexibility index (Phi) is 3.75. The normalized spacial score (nSPS) is 17.3. The van der Waals surface area contributed by atoms with Gasteiger partial charge in [-0.15, -0.1) is 0 Å². The largest absolute Gasteiger partial charge is 0.384 e. The molecule has 0 spiro atoms. The second-order valence-electron chi connectivity index (χ2n) is 4.40. The number of hydrogen-bond acceptors (Lipinski definition) is 3. The number of methoxy groups -OCH3 is 1. The molecular weight excluding hydrogens is 242 g/mol. The fraction of sp³-hybridized carbons (Fsp3) is 0.467. The van der Waals surface area contributed by atoms with E-state index in [0.29, 0.717) is 0 Å². The predicted molar refractivity (Wildman–Crippen MR) is 73.7 cm³/mol. The SMILES string of the molecule is [2H]C([2H])([2H])OCC(CC(C)=O)C(=O)NC([2H])([2H])c1cccc(C)c1. The van der Waals surface area contributed by atoms with Crippen molar-refractivity contribution < 1.29 is 21.2 Å². The zero-order valence-corrected chi connectivity index (χ0v) is 11.0. The first kappa shape index (κ1) is 9.26. The molecular formula is C15H21NO3. The minimum atomic E-state index is -2.69. The van der Waals surface area contributed by atoms with Crippen molar-refractivity contribution in [2.75, 3.05) is 13.6 Å². The molecule has 1 aromatic carbocycles. The third kappa shape index (κ3) is 5.66. The average molecular weight is 268 g/mol. The van der Waals surface area contributed by atoms with Gasteiger partial charge in [0.05, 0.1) is 19.4 Å². The molecule has 4 heteroatoms. The minimum Gasteiger partial charge on any atom is -0.384 e. The number of rotatable bonds is 7. The van der Waals surface area contributed by atoms with Gasteiger partial charge in [0.25, 0.3) is 0 Å². The van der Waals surface area contributed by atoms with Crippen LogP contribution in [0.1, 0.15) is 31.3 Å². The highest BCUT2D eigenvalue weighted by Gasteiger charge is 2.19. The van der Waals surface area contributed by atoms with Gasteiger partial charge in [-0.2, -0.15) is 0 Å². The van der Waals surface area contributed by atoms with Crippen LogP contribution in [0, 0.1) is 12.8 Å². The number of amides is 1. The molecule has 1 atom stereocenters. The lowest BCUT2D eigenvalue weighted by Crippen LogP contribution is -2.33. The lowest BCUT2D eigenvalue weighted by molar-refractivity contribution is -0.130. The van der Waals surface area contributed by atoms with Gasteiger partial charge in [-0.25, -0.2) is 0 Å². The highest BCUT2D eigenvalue weighted by molar-refractivity contribution is 5.85. The summed E-state index contributed by atoms with van der Waals surface area (Å²) in [7, 11) is -2.69. The van der Waals surface area contributed by atoms with E-state index in [2.05, 4.69) is 10.1 Å². The van der Waals surface area contributed by atoms with Crippen molar-refractivity contribution in [1.82, 2.24) is 5.32 Å². The molecule has 104 valence electrons. The number of ketones is 1. The van der Waals surface area contributed by atoms with E-state index in [1.54, 1.807) is 25.1 Å². The van der Waals surface area contributed by atoms with Crippen LogP contribution in [0.25, 0.3) is 0 Å². The Hall–Kier alpha value is -1.68. The molecule has 0 aliphatic carbocycles. The molecule has 0 fully saturated rings. The van der Waals surface area contributed by atoms with Crippen LogP contribution >= 0.6 is 0 Å². The van der Waals surface area contributed by atoms with Crippen molar-refractivity contribution >= 4 is 11.7 Å². The Balaban J connectivity index is 2.87. The van der Waals surface area contributed by atoms with E-state index in [1.165, 1.54) is 13.0 Å². The van der Waals surface area contributed by atoms with E-state index in [4.69, 9.17) is 6.85 Å². The van der Waals surface area contributed by atoms with Gasteiger partial charge < -0.3 is 14.8 Å². The van der Waals surface area contributed by atoms with E-state index < -0.39 is 32.0 Å². The van der Waals surface area contributed by atoms with Crippen LogP contribution in [0.4, 0.5) is 0 Å². The highest BCUT2D eigenvalue weighted by atomic mass is 16.5. The summed E-state index contributed by atoms with van der Waals surface area (Å²) in [4.78, 5) is 23.6. The molecule has 0 aliphatic rings. The Morgan fingerprint density at radius 1 is 1.53 bits per heavy atom. The first-order chi connectivity index (χ1) is 10.9. The first-order valence-electron chi connectivity index (χ1n) is 8.43. The minimum absolute atomic E-state index is 0.230. The van der Waals surface area contributed by atoms with Crippen LogP contribution in [0.2, 0.25) is 0 Å². The number of Topliss-reactive ketones (excluding diaryl/α,β-unsaturated/α-hetero) is 1. The van der Waals surface area contributed by atoms with Gasteiger partial charge in [-0.05, 0) is 19.4 Å². The molecule has 0 aliphatic heterocycles. The molecule has 1 unspecified atom stereocenters. The van der Waals surface area contributed by atoms with Crippen LogP contribution in [-0.2, 0) is 20.8 Å². The van der Waals surface area contributed by atoms with Crippen molar-refractivity contribution in [3.8, 4) is 0 Å². The number of carbonyl (C=O) groups is 2. The van der Waals surface area contributed by atoms with Gasteiger partial charge in [-0.3, -0.25) is 4.79 Å². The Morgan fingerprint density at radius 2 is 2.32 bits per heavy atom. The summed E-state index contributed by atoms with van der Waals surface area (Å²) in [6.45, 7) is 0.416. The van der Waals surface area contributed by atoms with Gasteiger partial charge in [0, 0.05) is 20.0 Å². The topological polar surface area (TPSA) is 55.4 Å². The summed E-state index contributed by atoms with van der Waals surface area (Å²) in [5.74, 6) is -2.18. The van der Waals surface area contributed by atoms with Crippen molar-refractivity contribution in [2.24, 2.45) is 5.92 Å². The fourth-order valence-corrected chi connectivity index (χ4v) is 1.63. The zero-order valence-electron chi connectivity index (χ0n) is 16.0. The molecule has 1 amide bonds. The van der Waals surface area contributed by atoms with E-state index in [1.807, 2.05) is 0 Å². The van der Waals surface area contributed by atoms with Crippen molar-refractivity contribution in [3.05, 3.63) is 35.4 Å². The maximum atomic E-state index is 12.3. The van der Waals surface area contributed by atoms with Crippen LogP contribution < -0.4 is 5.32 Å². The molecule has 0 saturated heterocycles. The lowest BCUT2D eigenvalue weighted by atomic mass is 10.0. The molecule has 0 heterocycles. The molecule has 0 bridgehead atoms. The van der Waals surface area contributed by atoms with Gasteiger partial charge in [0.15, 0.2) is 0 Å². The number of nitrogens with one attached hydrogen (secondary N) is 1. The van der Waals surface area contributed by atoms with Crippen molar-refractivity contribution in [2.45, 2.75) is 26.8 Å². The van der Waals surface area contributed by atoms with Crippen LogP contribution in [0.5, 0.6) is 0 Å². The van der Waals surface area contributed by atoms with Gasteiger partial charge in [-0.1, -0.05) is 29.8 Å². The molecule has 0 radical (unpaired) electrons. The maximum Gasteiger partial charge on any atom is 0.226 e. The van der Waals surface area contributed by atoms with Gasteiger partial charge >= 0.3 is 0 Å². The van der Waals surface area contributed by atoms with E-state index in [0.717, 1.165) is 5.56 Å².